The van der Waals surface area contributed by atoms with Gasteiger partial charge < -0.3 is 9.32 Å². The van der Waals surface area contributed by atoms with Gasteiger partial charge in [0.05, 0.1) is 11.5 Å². The predicted octanol–water partition coefficient (Wildman–Crippen LogP) is 5.47. The molecule has 0 spiro atoms. The molecule has 0 aliphatic carbocycles. The Hall–Kier alpha value is -3.39. The first-order chi connectivity index (χ1) is 15.9. The molecule has 0 bridgehead atoms. The second-order valence-corrected chi connectivity index (χ2v) is 8.75. The molecular formula is C24H19ClF2N4O2. The molecule has 0 unspecified atom stereocenters. The van der Waals surface area contributed by atoms with Crippen molar-refractivity contribution >= 4 is 29.1 Å². The third-order valence-electron chi connectivity index (χ3n) is 6.32. The van der Waals surface area contributed by atoms with E-state index >= 15 is 0 Å². The second kappa shape index (κ2) is 8.19. The molecule has 5 rings (SSSR count). The minimum Gasteiger partial charge on any atom is -0.440 e. The first-order valence-electron chi connectivity index (χ1n) is 10.4. The Kier molecular flexibility index (Phi) is 5.32. The Bertz CT molecular complexity index is 1310. The number of carbonyl (C=O) groups is 1. The number of nitrogens with zero attached hydrogens (tertiary/aromatic N) is 4. The molecule has 1 fully saturated rings. The summed E-state index contributed by atoms with van der Waals surface area (Å²) in [6, 6.07) is 9.21. The number of fused-ring (bicyclic) bond motifs is 1. The number of amides is 1. The van der Waals surface area contributed by atoms with Crippen LogP contribution in [0.2, 0.25) is 5.02 Å². The molecule has 0 saturated carbocycles. The fourth-order valence-corrected chi connectivity index (χ4v) is 4.66. The number of rotatable bonds is 4. The molecule has 1 aliphatic heterocycles. The maximum Gasteiger partial charge on any atom is 0.210 e. The van der Waals surface area contributed by atoms with Crippen LogP contribution in [0.5, 0.6) is 0 Å². The highest BCUT2D eigenvalue weighted by Crippen LogP contribution is 2.45. The third kappa shape index (κ3) is 3.74. The van der Waals surface area contributed by atoms with E-state index in [2.05, 4.69) is 15.0 Å². The number of oxazole rings is 1. The number of hydrogen-bond donors (Lipinski definition) is 0. The number of piperidine rings is 1. The minimum atomic E-state index is -0.993. The van der Waals surface area contributed by atoms with Crippen LogP contribution in [0.1, 0.15) is 37.1 Å². The highest BCUT2D eigenvalue weighted by Gasteiger charge is 2.42. The van der Waals surface area contributed by atoms with Crippen LogP contribution >= 0.6 is 11.6 Å². The summed E-state index contributed by atoms with van der Waals surface area (Å²) in [5, 5.41) is 0.543. The first kappa shape index (κ1) is 21.5. The number of halogens is 3. The molecule has 2 aromatic heterocycles. The van der Waals surface area contributed by atoms with Crippen LogP contribution in [-0.2, 0) is 10.3 Å². The highest BCUT2D eigenvalue weighted by atomic mass is 35.5. The Morgan fingerprint density at radius 1 is 1.18 bits per heavy atom. The number of aromatic nitrogens is 3. The summed E-state index contributed by atoms with van der Waals surface area (Å²) in [4.78, 5) is 27.0. The lowest BCUT2D eigenvalue weighted by atomic mass is 9.77. The molecule has 1 amide bonds. The third-order valence-corrected chi connectivity index (χ3v) is 6.56. The number of hydrogen-bond acceptors (Lipinski definition) is 5. The van der Waals surface area contributed by atoms with Crippen molar-refractivity contribution in [1.29, 1.82) is 0 Å². The lowest BCUT2D eigenvalue weighted by molar-refractivity contribution is -0.126. The Morgan fingerprint density at radius 2 is 1.94 bits per heavy atom. The van der Waals surface area contributed by atoms with Gasteiger partial charge in [0.1, 0.15) is 5.52 Å². The van der Waals surface area contributed by atoms with Crippen molar-refractivity contribution in [2.45, 2.75) is 31.2 Å². The molecule has 9 heteroatoms. The number of benzene rings is 2. The zero-order chi connectivity index (χ0) is 23.2. The van der Waals surface area contributed by atoms with Crippen LogP contribution in [-0.4, -0.2) is 32.8 Å². The van der Waals surface area contributed by atoms with Crippen molar-refractivity contribution in [3.63, 3.8) is 0 Å². The topological polar surface area (TPSA) is 72.1 Å². The standard InChI is InChI=1S/C24H19ClF2N4O2/c1-24(17-9-15(25)3-4-16(17)22-28-7-2-8-29-22)6-5-14(12-31(24)13-32)23-30-20-10-18(26)19(27)11-21(20)33-23/h2-4,7-11,13-14H,5-6,12H2,1H3/t14-,24-/m1/s1. The molecule has 4 aromatic rings. The lowest BCUT2D eigenvalue weighted by Crippen LogP contribution is -2.49. The smallest absolute Gasteiger partial charge is 0.210 e. The van der Waals surface area contributed by atoms with Gasteiger partial charge in [-0.2, -0.15) is 0 Å². The van der Waals surface area contributed by atoms with Gasteiger partial charge in [0.2, 0.25) is 6.41 Å². The Morgan fingerprint density at radius 3 is 2.70 bits per heavy atom. The van der Waals surface area contributed by atoms with Gasteiger partial charge in [-0.3, -0.25) is 4.79 Å². The molecule has 2 aromatic carbocycles. The van der Waals surface area contributed by atoms with Crippen LogP contribution < -0.4 is 0 Å². The second-order valence-electron chi connectivity index (χ2n) is 8.32. The predicted molar refractivity (Wildman–Crippen MR) is 119 cm³/mol. The maximum absolute atomic E-state index is 13.6. The highest BCUT2D eigenvalue weighted by molar-refractivity contribution is 6.30. The average Bonchev–Trinajstić information content (AvgIpc) is 3.22. The average molecular weight is 469 g/mol. The van der Waals surface area contributed by atoms with Gasteiger partial charge in [0.25, 0.3) is 0 Å². The fraction of sp³-hybridized carbons (Fsp3) is 0.250. The molecule has 0 N–H and O–H groups in total. The van der Waals surface area contributed by atoms with Gasteiger partial charge >= 0.3 is 0 Å². The van der Waals surface area contributed by atoms with Crippen molar-refractivity contribution in [3.8, 4) is 11.4 Å². The van der Waals surface area contributed by atoms with Crippen LogP contribution in [0.15, 0.2) is 53.2 Å². The van der Waals surface area contributed by atoms with Crippen molar-refractivity contribution in [2.24, 2.45) is 0 Å². The summed E-state index contributed by atoms with van der Waals surface area (Å²) in [6.07, 6.45) is 5.34. The molecule has 168 valence electrons. The summed E-state index contributed by atoms with van der Waals surface area (Å²) >= 11 is 6.34. The van der Waals surface area contributed by atoms with Gasteiger partial charge in [0, 0.05) is 41.7 Å². The van der Waals surface area contributed by atoms with E-state index in [1.165, 1.54) is 0 Å². The van der Waals surface area contributed by atoms with E-state index in [1.807, 2.05) is 19.1 Å². The molecule has 33 heavy (non-hydrogen) atoms. The molecular weight excluding hydrogens is 450 g/mol. The van der Waals surface area contributed by atoms with Crippen molar-refractivity contribution < 1.29 is 18.0 Å². The summed E-state index contributed by atoms with van der Waals surface area (Å²) in [5.41, 5.74) is 1.37. The van der Waals surface area contributed by atoms with Gasteiger partial charge in [0.15, 0.2) is 28.9 Å². The number of carbonyl (C=O) groups excluding carboxylic acids is 1. The molecule has 0 radical (unpaired) electrons. The molecule has 1 saturated heterocycles. The van der Waals surface area contributed by atoms with Crippen molar-refractivity contribution in [3.05, 3.63) is 76.9 Å². The normalized spacial score (nSPS) is 20.8. The summed E-state index contributed by atoms with van der Waals surface area (Å²) in [6.45, 7) is 2.30. The quantitative estimate of drug-likeness (QED) is 0.371. The molecule has 2 atom stereocenters. The van der Waals surface area contributed by atoms with E-state index in [9.17, 15) is 13.6 Å². The fourth-order valence-electron chi connectivity index (χ4n) is 4.49. The lowest BCUT2D eigenvalue weighted by Gasteiger charge is -2.46. The maximum atomic E-state index is 13.6. The zero-order valence-electron chi connectivity index (χ0n) is 17.6. The van der Waals surface area contributed by atoms with Crippen LogP contribution in [0.4, 0.5) is 8.78 Å². The van der Waals surface area contributed by atoms with E-state index in [1.54, 1.807) is 29.4 Å². The minimum absolute atomic E-state index is 0.174. The van der Waals surface area contributed by atoms with E-state index in [4.69, 9.17) is 16.0 Å². The number of likely N-dealkylation sites (tertiary alicyclic amines) is 1. The summed E-state index contributed by atoms with van der Waals surface area (Å²) < 4.78 is 32.9. The van der Waals surface area contributed by atoms with E-state index in [0.717, 1.165) is 29.7 Å². The van der Waals surface area contributed by atoms with E-state index in [0.29, 0.717) is 36.1 Å². The zero-order valence-corrected chi connectivity index (χ0v) is 18.4. The van der Waals surface area contributed by atoms with Crippen LogP contribution in [0, 0.1) is 11.6 Å². The van der Waals surface area contributed by atoms with Gasteiger partial charge in [-0.05, 0) is 49.6 Å². The van der Waals surface area contributed by atoms with Gasteiger partial charge in [-0.25, -0.2) is 23.7 Å². The summed E-state index contributed by atoms with van der Waals surface area (Å²) in [7, 11) is 0. The van der Waals surface area contributed by atoms with Crippen molar-refractivity contribution in [1.82, 2.24) is 19.9 Å². The molecule has 3 heterocycles. The molecule has 1 aliphatic rings. The Labute approximate surface area is 193 Å². The first-order valence-corrected chi connectivity index (χ1v) is 10.8. The molecule has 6 nitrogen and oxygen atoms in total. The Balaban J connectivity index is 1.51. The van der Waals surface area contributed by atoms with E-state index < -0.39 is 17.2 Å². The monoisotopic (exact) mass is 468 g/mol. The van der Waals surface area contributed by atoms with Gasteiger partial charge in [-0.1, -0.05) is 11.6 Å². The van der Waals surface area contributed by atoms with Crippen molar-refractivity contribution in [2.75, 3.05) is 6.54 Å². The summed E-state index contributed by atoms with van der Waals surface area (Å²) in [5.74, 6) is -1.31. The largest absolute Gasteiger partial charge is 0.440 e. The van der Waals surface area contributed by atoms with Crippen LogP contribution in [0.25, 0.3) is 22.5 Å². The SMILES string of the molecule is C[C@]1(c2cc(Cl)ccc2-c2ncccn2)CC[C@@H](c2nc3cc(F)c(F)cc3o2)CN1C=O. The van der Waals surface area contributed by atoms with Crippen LogP contribution in [0.3, 0.4) is 0 Å². The van der Waals surface area contributed by atoms with E-state index in [-0.39, 0.29) is 17.0 Å². The van der Waals surface area contributed by atoms with Gasteiger partial charge in [-0.15, -0.1) is 0 Å².